The highest BCUT2D eigenvalue weighted by molar-refractivity contribution is 7.80. The van der Waals surface area contributed by atoms with Gasteiger partial charge in [0.15, 0.2) is 0 Å². The third-order valence-electron chi connectivity index (χ3n) is 2.14. The summed E-state index contributed by atoms with van der Waals surface area (Å²) in [4.78, 5) is 2.94. The van der Waals surface area contributed by atoms with Gasteiger partial charge in [-0.25, -0.2) is 0 Å². The molecular formula is C8H16N2S. The van der Waals surface area contributed by atoms with Crippen molar-refractivity contribution in [1.29, 1.82) is 0 Å². The molecule has 0 amide bonds. The van der Waals surface area contributed by atoms with Gasteiger partial charge in [-0.2, -0.15) is 0 Å². The molecule has 0 saturated carbocycles. The van der Waals surface area contributed by atoms with Gasteiger partial charge in [0, 0.05) is 13.1 Å². The lowest BCUT2D eigenvalue weighted by molar-refractivity contribution is 0.321. The van der Waals surface area contributed by atoms with E-state index in [4.69, 9.17) is 18.0 Å². The number of hydrogen-bond donors (Lipinski definition) is 1. The molecule has 0 aromatic heterocycles. The highest BCUT2D eigenvalue weighted by atomic mass is 32.1. The lowest BCUT2D eigenvalue weighted by Crippen LogP contribution is -2.31. The fourth-order valence-corrected chi connectivity index (χ4v) is 1.76. The van der Waals surface area contributed by atoms with Crippen molar-refractivity contribution in [3.8, 4) is 0 Å². The zero-order valence-corrected chi connectivity index (χ0v) is 8.08. The number of hydrogen-bond acceptors (Lipinski definition) is 2. The van der Waals surface area contributed by atoms with Crippen molar-refractivity contribution in [3.63, 3.8) is 0 Å². The van der Waals surface area contributed by atoms with Crippen LogP contribution in [0.2, 0.25) is 0 Å². The second-order valence-electron chi connectivity index (χ2n) is 4.09. The molecule has 1 heterocycles. The molecule has 1 aliphatic rings. The van der Waals surface area contributed by atoms with Crippen LogP contribution in [-0.2, 0) is 0 Å². The van der Waals surface area contributed by atoms with Crippen LogP contribution in [0.4, 0.5) is 0 Å². The van der Waals surface area contributed by atoms with Crippen molar-refractivity contribution in [2.75, 3.05) is 19.6 Å². The van der Waals surface area contributed by atoms with E-state index in [9.17, 15) is 0 Å². The normalized spacial score (nSPS) is 23.8. The van der Waals surface area contributed by atoms with E-state index in [-0.39, 0.29) is 0 Å². The van der Waals surface area contributed by atoms with Crippen LogP contribution in [0.3, 0.4) is 0 Å². The Morgan fingerprint density at radius 1 is 1.64 bits per heavy atom. The molecule has 0 atom stereocenters. The number of rotatable bonds is 2. The predicted molar refractivity (Wildman–Crippen MR) is 51.6 cm³/mol. The molecule has 11 heavy (non-hydrogen) atoms. The quantitative estimate of drug-likeness (QED) is 0.630. The van der Waals surface area contributed by atoms with E-state index >= 15 is 0 Å². The Morgan fingerprint density at radius 3 is 2.64 bits per heavy atom. The summed E-state index contributed by atoms with van der Waals surface area (Å²) < 4.78 is 0. The fraction of sp³-hybridized carbons (Fsp3) is 0.875. The van der Waals surface area contributed by atoms with Gasteiger partial charge in [0.1, 0.15) is 0 Å². The van der Waals surface area contributed by atoms with E-state index in [0.29, 0.717) is 10.4 Å². The molecule has 2 nitrogen and oxygen atoms in total. The van der Waals surface area contributed by atoms with Crippen LogP contribution >= 0.6 is 12.2 Å². The number of thiocarbonyl (C=S) groups is 1. The van der Waals surface area contributed by atoms with E-state index in [2.05, 4.69) is 18.7 Å². The Balaban J connectivity index is 2.36. The van der Waals surface area contributed by atoms with E-state index in [0.717, 1.165) is 19.6 Å². The first-order valence-electron chi connectivity index (χ1n) is 4.00. The van der Waals surface area contributed by atoms with Crippen LogP contribution < -0.4 is 5.73 Å². The van der Waals surface area contributed by atoms with Gasteiger partial charge in [-0.05, 0) is 18.4 Å². The number of likely N-dealkylation sites (tertiary alicyclic amines) is 1. The second kappa shape index (κ2) is 3.07. The second-order valence-corrected chi connectivity index (χ2v) is 4.62. The SMILES string of the molecule is CC1(C)CCN(CC(N)=S)C1. The first kappa shape index (κ1) is 8.94. The van der Waals surface area contributed by atoms with Crippen molar-refractivity contribution in [3.05, 3.63) is 0 Å². The van der Waals surface area contributed by atoms with E-state index in [1.807, 2.05) is 0 Å². The summed E-state index contributed by atoms with van der Waals surface area (Å²) in [6.07, 6.45) is 1.26. The molecule has 0 aromatic rings. The minimum absolute atomic E-state index is 0.463. The number of nitrogens with two attached hydrogens (primary N) is 1. The summed E-state index contributed by atoms with van der Waals surface area (Å²) in [7, 11) is 0. The third kappa shape index (κ3) is 2.75. The van der Waals surface area contributed by atoms with Crippen LogP contribution in [0.1, 0.15) is 20.3 Å². The summed E-state index contributed by atoms with van der Waals surface area (Å²) in [6, 6.07) is 0. The van der Waals surface area contributed by atoms with E-state index < -0.39 is 0 Å². The zero-order valence-electron chi connectivity index (χ0n) is 7.26. The minimum Gasteiger partial charge on any atom is -0.392 e. The Labute approximate surface area is 73.7 Å². The maximum atomic E-state index is 5.45. The molecular weight excluding hydrogens is 156 g/mol. The summed E-state index contributed by atoms with van der Waals surface area (Å²) in [5.41, 5.74) is 5.91. The maximum absolute atomic E-state index is 5.45. The van der Waals surface area contributed by atoms with Gasteiger partial charge in [-0.3, -0.25) is 4.90 Å². The molecule has 1 rings (SSSR count). The van der Waals surface area contributed by atoms with Crippen molar-refractivity contribution in [2.45, 2.75) is 20.3 Å². The Hall–Kier alpha value is -0.150. The molecule has 0 aliphatic carbocycles. The minimum atomic E-state index is 0.463. The molecule has 1 aliphatic heterocycles. The average molecular weight is 172 g/mol. The van der Waals surface area contributed by atoms with Gasteiger partial charge < -0.3 is 5.73 Å². The molecule has 0 bridgehead atoms. The maximum Gasteiger partial charge on any atom is 0.0870 e. The van der Waals surface area contributed by atoms with Crippen LogP contribution in [0.25, 0.3) is 0 Å². The van der Waals surface area contributed by atoms with Crippen molar-refractivity contribution in [1.82, 2.24) is 4.90 Å². The molecule has 1 saturated heterocycles. The molecule has 64 valence electrons. The zero-order chi connectivity index (χ0) is 8.48. The van der Waals surface area contributed by atoms with Crippen LogP contribution in [0.15, 0.2) is 0 Å². The largest absolute Gasteiger partial charge is 0.392 e. The fourth-order valence-electron chi connectivity index (χ4n) is 1.58. The predicted octanol–water partition coefficient (Wildman–Crippen LogP) is 1.00. The first-order chi connectivity index (χ1) is 4.99. The Morgan fingerprint density at radius 2 is 2.27 bits per heavy atom. The van der Waals surface area contributed by atoms with Gasteiger partial charge in [0.25, 0.3) is 0 Å². The van der Waals surface area contributed by atoms with Gasteiger partial charge in [0.05, 0.1) is 4.99 Å². The van der Waals surface area contributed by atoms with Crippen LogP contribution in [0, 0.1) is 5.41 Å². The smallest absolute Gasteiger partial charge is 0.0870 e. The standard InChI is InChI=1S/C8H16N2S/c1-8(2)3-4-10(6-8)5-7(9)11/h3-6H2,1-2H3,(H2,9,11). The highest BCUT2D eigenvalue weighted by Gasteiger charge is 2.28. The van der Waals surface area contributed by atoms with Crippen molar-refractivity contribution < 1.29 is 0 Å². The summed E-state index contributed by atoms with van der Waals surface area (Å²) >= 11 is 4.84. The molecule has 0 radical (unpaired) electrons. The van der Waals surface area contributed by atoms with Gasteiger partial charge in [0.2, 0.25) is 0 Å². The average Bonchev–Trinajstić information content (AvgIpc) is 2.08. The summed E-state index contributed by atoms with van der Waals surface area (Å²) in [6.45, 7) is 7.63. The molecule has 3 heteroatoms. The van der Waals surface area contributed by atoms with E-state index in [1.165, 1.54) is 6.42 Å². The lowest BCUT2D eigenvalue weighted by Gasteiger charge is -2.18. The van der Waals surface area contributed by atoms with Gasteiger partial charge >= 0.3 is 0 Å². The third-order valence-corrected chi connectivity index (χ3v) is 2.26. The topological polar surface area (TPSA) is 29.3 Å². The number of nitrogens with zero attached hydrogens (tertiary/aromatic N) is 1. The Bertz CT molecular complexity index is 165. The summed E-state index contributed by atoms with van der Waals surface area (Å²) in [5, 5.41) is 0. The van der Waals surface area contributed by atoms with E-state index in [1.54, 1.807) is 0 Å². The monoisotopic (exact) mass is 172 g/mol. The van der Waals surface area contributed by atoms with Gasteiger partial charge in [-0.15, -0.1) is 0 Å². The molecule has 2 N–H and O–H groups in total. The van der Waals surface area contributed by atoms with Gasteiger partial charge in [-0.1, -0.05) is 26.1 Å². The molecule has 0 unspecified atom stereocenters. The lowest BCUT2D eigenvalue weighted by atomic mass is 9.93. The first-order valence-corrected chi connectivity index (χ1v) is 4.41. The summed E-state index contributed by atoms with van der Waals surface area (Å²) in [5.74, 6) is 0. The Kier molecular flexibility index (Phi) is 2.50. The van der Waals surface area contributed by atoms with Crippen LogP contribution in [0.5, 0.6) is 0 Å². The molecule has 0 aromatic carbocycles. The van der Waals surface area contributed by atoms with Crippen molar-refractivity contribution in [2.24, 2.45) is 11.1 Å². The van der Waals surface area contributed by atoms with Crippen molar-refractivity contribution >= 4 is 17.2 Å². The molecule has 1 fully saturated rings. The highest BCUT2D eigenvalue weighted by Crippen LogP contribution is 2.28. The van der Waals surface area contributed by atoms with Crippen LogP contribution in [-0.4, -0.2) is 29.5 Å². The molecule has 0 spiro atoms.